The van der Waals surface area contributed by atoms with Gasteiger partial charge in [0, 0.05) is 53.1 Å². The molecule has 2 aliphatic carbocycles. The van der Waals surface area contributed by atoms with Gasteiger partial charge in [0.1, 0.15) is 9.84 Å². The number of guanidine groups is 1. The van der Waals surface area contributed by atoms with Crippen molar-refractivity contribution >= 4 is 26.6 Å². The molecular weight excluding hydrogens is 346 g/mol. The zero-order chi connectivity index (χ0) is 17.8. The van der Waals surface area contributed by atoms with Gasteiger partial charge in [-0.1, -0.05) is 13.3 Å². The fraction of sp³-hybridized carbons (Fsp3) is 0.938. The lowest BCUT2D eigenvalue weighted by Gasteiger charge is -2.30. The maximum absolute atomic E-state index is 12.0. The van der Waals surface area contributed by atoms with Crippen LogP contribution in [0.2, 0.25) is 0 Å². The van der Waals surface area contributed by atoms with Gasteiger partial charge in [0.2, 0.25) is 0 Å². The molecule has 140 valence electrons. The Hall–Kier alpha value is -0.630. The van der Waals surface area contributed by atoms with E-state index in [-0.39, 0.29) is 22.5 Å². The molecule has 0 saturated heterocycles. The molecule has 24 heavy (non-hydrogen) atoms. The molecule has 2 aliphatic rings. The Kier molecular flexibility index (Phi) is 6.70. The lowest BCUT2D eigenvalue weighted by atomic mass is 9.95. The minimum absolute atomic E-state index is 0.121. The van der Waals surface area contributed by atoms with E-state index >= 15 is 0 Å². The first-order valence-electron chi connectivity index (χ1n) is 8.79. The third-order valence-electron chi connectivity index (χ3n) is 5.00. The van der Waals surface area contributed by atoms with Crippen LogP contribution in [0.25, 0.3) is 0 Å². The normalized spacial score (nSPS) is 28.2. The van der Waals surface area contributed by atoms with E-state index in [1.807, 2.05) is 6.92 Å². The van der Waals surface area contributed by atoms with Crippen LogP contribution in [-0.2, 0) is 20.6 Å². The van der Waals surface area contributed by atoms with Gasteiger partial charge in [0.25, 0.3) is 0 Å². The van der Waals surface area contributed by atoms with Crippen molar-refractivity contribution in [2.75, 3.05) is 31.4 Å². The van der Waals surface area contributed by atoms with E-state index in [4.69, 9.17) is 0 Å². The first-order chi connectivity index (χ1) is 11.3. The maximum Gasteiger partial charge on any atom is 0.191 e. The van der Waals surface area contributed by atoms with Crippen LogP contribution in [0.15, 0.2) is 4.99 Å². The second-order valence-electron chi connectivity index (χ2n) is 7.30. The zero-order valence-electron chi connectivity index (χ0n) is 15.0. The van der Waals surface area contributed by atoms with Crippen LogP contribution in [0.5, 0.6) is 0 Å². The molecule has 2 rings (SSSR count). The second-order valence-corrected chi connectivity index (χ2v) is 11.4. The van der Waals surface area contributed by atoms with Crippen LogP contribution >= 0.6 is 0 Å². The molecule has 0 spiro atoms. The fourth-order valence-corrected chi connectivity index (χ4v) is 6.37. The molecule has 2 N–H and O–H groups in total. The Morgan fingerprint density at radius 2 is 2.04 bits per heavy atom. The average Bonchev–Trinajstić information content (AvgIpc) is 3.28. The molecular formula is C16H31N3O3S2. The largest absolute Gasteiger partial charge is 0.356 e. The highest BCUT2D eigenvalue weighted by molar-refractivity contribution is 7.90. The van der Waals surface area contributed by atoms with Gasteiger partial charge in [-0.3, -0.25) is 9.20 Å². The predicted molar refractivity (Wildman–Crippen MR) is 101 cm³/mol. The number of nitrogens with one attached hydrogen (secondary N) is 2. The summed E-state index contributed by atoms with van der Waals surface area (Å²) in [7, 11) is -1.96. The molecule has 8 heteroatoms. The Bertz CT molecular complexity index is 585. The summed E-state index contributed by atoms with van der Waals surface area (Å²) in [6, 6.07) is 0.288. The molecule has 0 heterocycles. The lowest BCUT2D eigenvalue weighted by molar-refractivity contribution is 0.411. The average molecular weight is 378 g/mol. The summed E-state index contributed by atoms with van der Waals surface area (Å²) in [5.41, 5.74) is -0.121. The molecule has 0 radical (unpaired) electrons. The number of hydrogen-bond donors (Lipinski definition) is 2. The topological polar surface area (TPSA) is 87.6 Å². The van der Waals surface area contributed by atoms with E-state index in [2.05, 4.69) is 15.6 Å². The van der Waals surface area contributed by atoms with E-state index in [9.17, 15) is 12.6 Å². The van der Waals surface area contributed by atoms with E-state index in [1.54, 1.807) is 7.05 Å². The van der Waals surface area contributed by atoms with E-state index in [1.165, 1.54) is 6.26 Å². The quantitative estimate of drug-likeness (QED) is 0.512. The van der Waals surface area contributed by atoms with Gasteiger partial charge in [-0.05, 0) is 32.1 Å². The Labute approximate surface area is 148 Å². The van der Waals surface area contributed by atoms with Crippen LogP contribution in [0.1, 0.15) is 45.4 Å². The number of rotatable bonds is 7. The zero-order valence-corrected chi connectivity index (χ0v) is 16.6. The molecule has 2 fully saturated rings. The van der Waals surface area contributed by atoms with E-state index in [0.29, 0.717) is 6.54 Å². The van der Waals surface area contributed by atoms with Crippen molar-refractivity contribution in [3.05, 3.63) is 0 Å². The number of sulfone groups is 1. The highest BCUT2D eigenvalue weighted by atomic mass is 32.2. The van der Waals surface area contributed by atoms with Crippen molar-refractivity contribution in [2.45, 2.75) is 56.7 Å². The van der Waals surface area contributed by atoms with E-state index < -0.39 is 20.6 Å². The summed E-state index contributed by atoms with van der Waals surface area (Å²) in [5.74, 6) is 1.69. The summed E-state index contributed by atoms with van der Waals surface area (Å²) < 4.78 is 35.1. The van der Waals surface area contributed by atoms with Crippen LogP contribution < -0.4 is 10.6 Å². The maximum atomic E-state index is 12.0. The summed E-state index contributed by atoms with van der Waals surface area (Å²) in [4.78, 5) is 4.27. The van der Waals surface area contributed by atoms with Crippen molar-refractivity contribution < 1.29 is 12.6 Å². The molecule has 3 unspecified atom stereocenters. The first kappa shape index (κ1) is 19.7. The van der Waals surface area contributed by atoms with Gasteiger partial charge in [-0.15, -0.1) is 0 Å². The van der Waals surface area contributed by atoms with Gasteiger partial charge < -0.3 is 10.6 Å². The summed E-state index contributed by atoms with van der Waals surface area (Å²) >= 11 is 0. The van der Waals surface area contributed by atoms with Crippen molar-refractivity contribution in [3.8, 4) is 0 Å². The molecule has 0 aromatic heterocycles. The highest BCUT2D eigenvalue weighted by Gasteiger charge is 2.45. The summed E-state index contributed by atoms with van der Waals surface area (Å²) in [6.45, 7) is 2.61. The molecule has 3 atom stereocenters. The van der Waals surface area contributed by atoms with E-state index in [0.717, 1.165) is 50.2 Å². The molecule has 0 aliphatic heterocycles. The third kappa shape index (κ3) is 6.02. The van der Waals surface area contributed by atoms with Crippen molar-refractivity contribution in [2.24, 2.45) is 10.4 Å². The minimum atomic E-state index is -2.95. The standard InChI is InChI=1S/C16H31N3O3S2/c1-4-23(20)14-7-5-6-13(10-14)19-15(17-2)18-11-16(8-9-16)12-24(3,21)22/h13-14H,4-12H2,1-3H3,(H2,17,18,19). The minimum Gasteiger partial charge on any atom is -0.356 e. The smallest absolute Gasteiger partial charge is 0.191 e. The third-order valence-corrected chi connectivity index (χ3v) is 7.88. The van der Waals surface area contributed by atoms with Gasteiger partial charge >= 0.3 is 0 Å². The second kappa shape index (κ2) is 8.17. The SMILES string of the molecule is CCS(=O)C1CCCC(NC(=NC)NCC2(CS(C)(=O)=O)CC2)C1. The molecule has 0 aromatic carbocycles. The van der Waals surface area contributed by atoms with Crippen LogP contribution in [0, 0.1) is 5.41 Å². The molecule has 0 aromatic rings. The van der Waals surface area contributed by atoms with Crippen molar-refractivity contribution in [1.29, 1.82) is 0 Å². The molecule has 2 saturated carbocycles. The number of aliphatic imine (C=N–C) groups is 1. The van der Waals surface area contributed by atoms with Gasteiger partial charge in [0.05, 0.1) is 5.75 Å². The van der Waals surface area contributed by atoms with Crippen LogP contribution in [0.3, 0.4) is 0 Å². The number of hydrogen-bond acceptors (Lipinski definition) is 4. The molecule has 6 nitrogen and oxygen atoms in total. The predicted octanol–water partition coefficient (Wildman–Crippen LogP) is 1.06. The van der Waals surface area contributed by atoms with Gasteiger partial charge in [-0.2, -0.15) is 0 Å². The molecule has 0 bridgehead atoms. The number of nitrogens with zero attached hydrogens (tertiary/aromatic N) is 1. The van der Waals surface area contributed by atoms with Crippen LogP contribution in [-0.4, -0.2) is 61.2 Å². The highest BCUT2D eigenvalue weighted by Crippen LogP contribution is 2.46. The summed E-state index contributed by atoms with van der Waals surface area (Å²) in [5, 5.41) is 7.01. The summed E-state index contributed by atoms with van der Waals surface area (Å²) in [6.07, 6.45) is 7.31. The lowest BCUT2D eigenvalue weighted by Crippen LogP contribution is -2.48. The van der Waals surface area contributed by atoms with Crippen LogP contribution in [0.4, 0.5) is 0 Å². The fourth-order valence-electron chi connectivity index (χ4n) is 3.51. The Morgan fingerprint density at radius 1 is 1.33 bits per heavy atom. The van der Waals surface area contributed by atoms with Gasteiger partial charge in [-0.25, -0.2) is 8.42 Å². The molecule has 0 amide bonds. The van der Waals surface area contributed by atoms with Crippen molar-refractivity contribution in [3.63, 3.8) is 0 Å². The Balaban J connectivity index is 1.83. The Morgan fingerprint density at radius 3 is 2.58 bits per heavy atom. The monoisotopic (exact) mass is 377 g/mol. The van der Waals surface area contributed by atoms with Crippen molar-refractivity contribution in [1.82, 2.24) is 10.6 Å². The van der Waals surface area contributed by atoms with Gasteiger partial charge in [0.15, 0.2) is 5.96 Å². The first-order valence-corrected chi connectivity index (χ1v) is 12.2.